The molecule has 0 radical (unpaired) electrons. The van der Waals surface area contributed by atoms with Crippen molar-refractivity contribution in [3.63, 3.8) is 0 Å². The molecular weight excluding hydrogens is 224 g/mol. The molecule has 15 heavy (non-hydrogen) atoms. The normalized spacial score (nSPS) is 8.80. The molecule has 0 unspecified atom stereocenters. The van der Waals surface area contributed by atoms with Gasteiger partial charge in [-0.25, -0.2) is 25.5 Å². The Labute approximate surface area is 104 Å². The first-order chi connectivity index (χ1) is 6.59. The maximum absolute atomic E-state index is 2.17. The smallest absolute Gasteiger partial charge is 0 e. The minimum absolute atomic E-state index is 0. The summed E-state index contributed by atoms with van der Waals surface area (Å²) >= 11 is 0. The fourth-order valence-electron chi connectivity index (χ4n) is 1.32. The van der Waals surface area contributed by atoms with Crippen LogP contribution in [0.5, 0.6) is 0 Å². The molecule has 0 atom stereocenters. The Hall–Kier alpha value is -0.781. The van der Waals surface area contributed by atoms with Gasteiger partial charge in [0.1, 0.15) is 0 Å². The van der Waals surface area contributed by atoms with Crippen LogP contribution in [0.3, 0.4) is 0 Å². The molecular formula is C14H18Fe-6. The second-order valence-corrected chi connectivity index (χ2v) is 3.86. The molecule has 88 valence electrons. The van der Waals surface area contributed by atoms with Gasteiger partial charge in [-0.3, -0.25) is 0 Å². The van der Waals surface area contributed by atoms with Gasteiger partial charge in [-0.15, -0.1) is 0 Å². The van der Waals surface area contributed by atoms with Crippen LogP contribution in [0, 0.1) is 27.7 Å². The monoisotopic (exact) mass is 242 g/mol. The van der Waals surface area contributed by atoms with Gasteiger partial charge in [-0.2, -0.15) is 17.7 Å². The number of aryl methyl sites for hydroxylation is 4. The van der Waals surface area contributed by atoms with E-state index in [4.69, 9.17) is 0 Å². The van der Waals surface area contributed by atoms with E-state index in [9.17, 15) is 0 Å². The standard InChI is InChI=1S/2C7H9.Fe/c1-6-3-4-7(2)5-6;1-6-4-3-5-7(6)2;/h2*3-5H,1-2H3;/q-1;-5;. The molecule has 0 bridgehead atoms. The average Bonchev–Trinajstić information content (AvgIpc) is 2.65. The molecule has 0 saturated heterocycles. The summed E-state index contributed by atoms with van der Waals surface area (Å²) in [5.41, 5.74) is 5.50. The number of rotatable bonds is 0. The van der Waals surface area contributed by atoms with Gasteiger partial charge in [0.2, 0.25) is 0 Å². The largest absolute Gasteiger partial charge is 0.747 e. The Morgan fingerprint density at radius 3 is 1.73 bits per heavy atom. The van der Waals surface area contributed by atoms with Crippen molar-refractivity contribution in [1.29, 1.82) is 0 Å². The zero-order valence-corrected chi connectivity index (χ0v) is 10.9. The summed E-state index contributed by atoms with van der Waals surface area (Å²) in [7, 11) is 0. The molecule has 0 aliphatic carbocycles. The summed E-state index contributed by atoms with van der Waals surface area (Å²) in [6.45, 7) is 8.45. The molecule has 0 fully saturated rings. The van der Waals surface area contributed by atoms with Crippen LogP contribution >= 0.6 is 0 Å². The minimum atomic E-state index is 0. The molecule has 1 heteroatoms. The van der Waals surface area contributed by atoms with Crippen LogP contribution in [-0.2, 0) is 17.1 Å². The maximum atomic E-state index is 2.17. The van der Waals surface area contributed by atoms with Crippen molar-refractivity contribution in [3.05, 3.63) is 58.7 Å². The molecule has 0 saturated carbocycles. The average molecular weight is 242 g/mol. The van der Waals surface area contributed by atoms with Crippen molar-refractivity contribution in [2.75, 3.05) is 0 Å². The van der Waals surface area contributed by atoms with Gasteiger partial charge in [0.25, 0.3) is 0 Å². The number of hydrogen-bond donors (Lipinski definition) is 0. The second-order valence-electron chi connectivity index (χ2n) is 3.86. The van der Waals surface area contributed by atoms with Crippen LogP contribution in [0.1, 0.15) is 22.3 Å². The van der Waals surface area contributed by atoms with Gasteiger partial charge >= 0.3 is 0 Å². The van der Waals surface area contributed by atoms with Crippen LogP contribution in [0.15, 0.2) is 36.4 Å². The predicted molar refractivity (Wildman–Crippen MR) is 63.0 cm³/mol. The van der Waals surface area contributed by atoms with E-state index in [1.165, 1.54) is 22.3 Å². The summed E-state index contributed by atoms with van der Waals surface area (Å²) in [6, 6.07) is 12.7. The third kappa shape index (κ3) is 5.01. The van der Waals surface area contributed by atoms with Gasteiger partial charge in [-0.05, 0) is 0 Å². The first-order valence-electron chi connectivity index (χ1n) is 4.98. The van der Waals surface area contributed by atoms with Gasteiger partial charge in [0.15, 0.2) is 0 Å². The third-order valence-electron chi connectivity index (χ3n) is 2.38. The van der Waals surface area contributed by atoms with E-state index in [2.05, 4.69) is 64.1 Å². The Morgan fingerprint density at radius 1 is 1.07 bits per heavy atom. The Balaban J connectivity index is 0.000000245. The van der Waals surface area contributed by atoms with Crippen LogP contribution in [0.2, 0.25) is 0 Å². The molecule has 0 nitrogen and oxygen atoms in total. The van der Waals surface area contributed by atoms with E-state index in [1.807, 2.05) is 0 Å². The van der Waals surface area contributed by atoms with Crippen molar-refractivity contribution in [1.82, 2.24) is 0 Å². The van der Waals surface area contributed by atoms with Crippen molar-refractivity contribution >= 4 is 0 Å². The van der Waals surface area contributed by atoms with Gasteiger partial charge in [0, 0.05) is 17.1 Å². The van der Waals surface area contributed by atoms with E-state index in [-0.39, 0.29) is 17.1 Å². The Morgan fingerprint density at radius 2 is 1.60 bits per heavy atom. The molecule has 2 aromatic rings. The summed E-state index contributed by atoms with van der Waals surface area (Å²) in [5, 5.41) is 0. The fraction of sp³-hybridized carbons (Fsp3) is 0.286. The van der Waals surface area contributed by atoms with E-state index in [0.717, 1.165) is 0 Å². The molecule has 0 amide bonds. The SMILES string of the molecule is C[c-]1[cH-][cH-][cH-][c-]1C.Cc1cc[c-](C)c1.[Fe]. The summed E-state index contributed by atoms with van der Waals surface area (Å²) in [4.78, 5) is 0. The van der Waals surface area contributed by atoms with Crippen molar-refractivity contribution in [3.8, 4) is 0 Å². The molecule has 0 aliphatic heterocycles. The van der Waals surface area contributed by atoms with E-state index in [0.29, 0.717) is 0 Å². The molecule has 0 spiro atoms. The third-order valence-corrected chi connectivity index (χ3v) is 2.38. The van der Waals surface area contributed by atoms with Gasteiger partial charge < -0.3 is 29.3 Å². The van der Waals surface area contributed by atoms with Crippen LogP contribution in [0.25, 0.3) is 0 Å². The topological polar surface area (TPSA) is 0 Å². The summed E-state index contributed by atoms with van der Waals surface area (Å²) in [5.74, 6) is 0. The second kappa shape index (κ2) is 6.66. The van der Waals surface area contributed by atoms with Gasteiger partial charge in [-0.1, -0.05) is 13.8 Å². The quantitative estimate of drug-likeness (QED) is 0.483. The molecule has 2 aromatic carbocycles. The van der Waals surface area contributed by atoms with Crippen LogP contribution in [0.4, 0.5) is 0 Å². The maximum Gasteiger partial charge on any atom is 0 e. The van der Waals surface area contributed by atoms with Crippen molar-refractivity contribution in [2.45, 2.75) is 27.7 Å². The van der Waals surface area contributed by atoms with Crippen LogP contribution in [-0.4, -0.2) is 0 Å². The number of hydrogen-bond acceptors (Lipinski definition) is 0. The zero-order chi connectivity index (χ0) is 10.6. The van der Waals surface area contributed by atoms with E-state index < -0.39 is 0 Å². The van der Waals surface area contributed by atoms with Crippen molar-refractivity contribution in [2.24, 2.45) is 0 Å². The van der Waals surface area contributed by atoms with Crippen molar-refractivity contribution < 1.29 is 17.1 Å². The van der Waals surface area contributed by atoms with E-state index >= 15 is 0 Å². The summed E-state index contributed by atoms with van der Waals surface area (Å²) < 4.78 is 0. The molecule has 0 aliphatic rings. The molecule has 2 rings (SSSR count). The fourth-order valence-corrected chi connectivity index (χ4v) is 1.32. The zero-order valence-electron chi connectivity index (χ0n) is 9.82. The Kier molecular flexibility index (Phi) is 6.31. The van der Waals surface area contributed by atoms with Crippen LogP contribution < -0.4 is 0 Å². The Bertz CT molecular complexity index is 346. The molecule has 0 N–H and O–H groups in total. The van der Waals surface area contributed by atoms with Gasteiger partial charge in [0.05, 0.1) is 0 Å². The minimum Gasteiger partial charge on any atom is -0.747 e. The first-order valence-corrected chi connectivity index (χ1v) is 4.98. The molecule has 0 heterocycles. The van der Waals surface area contributed by atoms with E-state index in [1.54, 1.807) is 0 Å². The summed E-state index contributed by atoms with van der Waals surface area (Å²) in [6.07, 6.45) is 0. The molecule has 0 aromatic heterocycles. The predicted octanol–water partition coefficient (Wildman–Crippen LogP) is 4.04. The first kappa shape index (κ1) is 14.2.